The van der Waals surface area contributed by atoms with Crippen LogP contribution in [0.15, 0.2) is 24.3 Å². The summed E-state index contributed by atoms with van der Waals surface area (Å²) in [7, 11) is 0. The lowest BCUT2D eigenvalue weighted by Gasteiger charge is -2.33. The highest BCUT2D eigenvalue weighted by Gasteiger charge is 2.38. The van der Waals surface area contributed by atoms with Crippen LogP contribution < -0.4 is 5.32 Å². The Morgan fingerprint density at radius 1 is 1.15 bits per heavy atom. The molecule has 26 heavy (non-hydrogen) atoms. The van der Waals surface area contributed by atoms with Gasteiger partial charge in [0, 0.05) is 24.7 Å². The Balaban J connectivity index is 1.55. The molecule has 0 aromatic heterocycles. The van der Waals surface area contributed by atoms with Crippen molar-refractivity contribution in [1.29, 1.82) is 0 Å². The van der Waals surface area contributed by atoms with Gasteiger partial charge in [-0.25, -0.2) is 0 Å². The third-order valence-electron chi connectivity index (χ3n) is 5.53. The van der Waals surface area contributed by atoms with E-state index in [0.717, 1.165) is 31.6 Å². The van der Waals surface area contributed by atoms with Crippen LogP contribution in [-0.4, -0.2) is 40.4 Å². The summed E-state index contributed by atoms with van der Waals surface area (Å²) in [6.45, 7) is 2.75. The van der Waals surface area contributed by atoms with Gasteiger partial charge in [0.05, 0.1) is 12.3 Å². The molecule has 1 saturated carbocycles. The number of carboxylic acids is 1. The molecule has 3 rings (SSSR count). The SMILES string of the molecule is CC1CCC(N2CC(C(=O)Nc3ccc(CC(=O)O)cc3)CC2=O)CC1. The van der Waals surface area contributed by atoms with Gasteiger partial charge < -0.3 is 15.3 Å². The molecule has 1 heterocycles. The Hall–Kier alpha value is -2.37. The largest absolute Gasteiger partial charge is 0.481 e. The number of benzene rings is 1. The molecule has 6 heteroatoms. The van der Waals surface area contributed by atoms with E-state index in [1.807, 2.05) is 4.90 Å². The van der Waals surface area contributed by atoms with Crippen LogP contribution in [0.25, 0.3) is 0 Å². The second-order valence-electron chi connectivity index (χ2n) is 7.62. The van der Waals surface area contributed by atoms with Crippen LogP contribution in [0.5, 0.6) is 0 Å². The minimum atomic E-state index is -0.886. The number of hydrogen-bond acceptors (Lipinski definition) is 3. The lowest BCUT2D eigenvalue weighted by molar-refractivity contribution is -0.136. The fraction of sp³-hybridized carbons (Fsp3) is 0.550. The van der Waals surface area contributed by atoms with Crippen LogP contribution in [0.1, 0.15) is 44.6 Å². The molecule has 140 valence electrons. The molecule has 0 bridgehead atoms. The maximum Gasteiger partial charge on any atom is 0.307 e. The van der Waals surface area contributed by atoms with E-state index in [2.05, 4.69) is 12.2 Å². The Labute approximate surface area is 153 Å². The van der Waals surface area contributed by atoms with Gasteiger partial charge in [-0.1, -0.05) is 19.1 Å². The van der Waals surface area contributed by atoms with Crippen LogP contribution in [0.3, 0.4) is 0 Å². The molecule has 1 aromatic carbocycles. The molecule has 1 atom stereocenters. The average Bonchev–Trinajstić information content (AvgIpc) is 2.99. The summed E-state index contributed by atoms with van der Waals surface area (Å²) in [4.78, 5) is 37.5. The fourth-order valence-electron chi connectivity index (χ4n) is 3.94. The number of likely N-dealkylation sites (tertiary alicyclic amines) is 1. The van der Waals surface area contributed by atoms with Crippen molar-refractivity contribution in [3.8, 4) is 0 Å². The van der Waals surface area contributed by atoms with E-state index >= 15 is 0 Å². The number of rotatable bonds is 5. The van der Waals surface area contributed by atoms with Crippen molar-refractivity contribution in [2.24, 2.45) is 11.8 Å². The number of carbonyl (C=O) groups is 3. The van der Waals surface area contributed by atoms with Crippen LogP contribution in [0.2, 0.25) is 0 Å². The summed E-state index contributed by atoms with van der Waals surface area (Å²) in [5, 5.41) is 11.6. The van der Waals surface area contributed by atoms with Gasteiger partial charge in [-0.3, -0.25) is 14.4 Å². The van der Waals surface area contributed by atoms with E-state index < -0.39 is 5.97 Å². The maximum atomic E-state index is 12.5. The minimum Gasteiger partial charge on any atom is -0.481 e. The zero-order valence-corrected chi connectivity index (χ0v) is 15.1. The van der Waals surface area contributed by atoms with Gasteiger partial charge >= 0.3 is 5.97 Å². The first-order chi connectivity index (χ1) is 12.4. The van der Waals surface area contributed by atoms with Crippen LogP contribution in [-0.2, 0) is 20.8 Å². The van der Waals surface area contributed by atoms with Crippen LogP contribution >= 0.6 is 0 Å². The standard InChI is InChI=1S/C20H26N2O4/c1-13-2-8-17(9-3-13)22-12-15(11-18(22)23)20(26)21-16-6-4-14(5-7-16)10-19(24)25/h4-7,13,15,17H,2-3,8-12H2,1H3,(H,21,26)(H,24,25). The Kier molecular flexibility index (Phi) is 5.59. The molecule has 6 nitrogen and oxygen atoms in total. The Bertz CT molecular complexity index is 678. The lowest BCUT2D eigenvalue weighted by Crippen LogP contribution is -2.39. The van der Waals surface area contributed by atoms with Gasteiger partial charge in [0.25, 0.3) is 0 Å². The van der Waals surface area contributed by atoms with E-state index in [1.165, 1.54) is 0 Å². The van der Waals surface area contributed by atoms with E-state index in [0.29, 0.717) is 17.8 Å². The quantitative estimate of drug-likeness (QED) is 0.847. The van der Waals surface area contributed by atoms with Gasteiger partial charge in [0.1, 0.15) is 0 Å². The summed E-state index contributed by atoms with van der Waals surface area (Å²) < 4.78 is 0. The summed E-state index contributed by atoms with van der Waals surface area (Å²) in [6, 6.07) is 7.07. The number of carbonyl (C=O) groups excluding carboxylic acids is 2. The zero-order chi connectivity index (χ0) is 18.7. The molecule has 1 aliphatic heterocycles. The van der Waals surface area contributed by atoms with E-state index in [4.69, 9.17) is 5.11 Å². The van der Waals surface area contributed by atoms with E-state index in [9.17, 15) is 14.4 Å². The molecule has 1 aliphatic carbocycles. The molecule has 2 aliphatic rings. The van der Waals surface area contributed by atoms with E-state index in [-0.39, 0.29) is 36.6 Å². The number of anilines is 1. The van der Waals surface area contributed by atoms with E-state index in [1.54, 1.807) is 24.3 Å². The van der Waals surface area contributed by atoms with Crippen LogP contribution in [0, 0.1) is 11.8 Å². The molecular formula is C20H26N2O4. The van der Waals surface area contributed by atoms with Gasteiger partial charge in [-0.05, 0) is 49.3 Å². The van der Waals surface area contributed by atoms with Gasteiger partial charge in [-0.2, -0.15) is 0 Å². The number of aliphatic carboxylic acids is 1. The highest BCUT2D eigenvalue weighted by Crippen LogP contribution is 2.31. The first-order valence-electron chi connectivity index (χ1n) is 9.33. The number of carboxylic acid groups (broad SMARTS) is 1. The molecule has 1 unspecified atom stereocenters. The molecule has 1 aromatic rings. The molecule has 2 N–H and O–H groups in total. The second kappa shape index (κ2) is 7.89. The zero-order valence-electron chi connectivity index (χ0n) is 15.1. The van der Waals surface area contributed by atoms with Crippen molar-refractivity contribution >= 4 is 23.5 Å². The second-order valence-corrected chi connectivity index (χ2v) is 7.62. The molecule has 2 amide bonds. The topological polar surface area (TPSA) is 86.7 Å². The normalized spacial score (nSPS) is 26.0. The van der Waals surface area contributed by atoms with Crippen molar-refractivity contribution in [3.63, 3.8) is 0 Å². The number of nitrogens with zero attached hydrogens (tertiary/aromatic N) is 1. The minimum absolute atomic E-state index is 0.0414. The maximum absolute atomic E-state index is 12.5. The first-order valence-corrected chi connectivity index (χ1v) is 9.33. The summed E-state index contributed by atoms with van der Waals surface area (Å²) >= 11 is 0. The molecular weight excluding hydrogens is 332 g/mol. The summed E-state index contributed by atoms with van der Waals surface area (Å²) in [5.74, 6) is -0.534. The smallest absolute Gasteiger partial charge is 0.307 e. The van der Waals surface area contributed by atoms with Gasteiger partial charge in [0.2, 0.25) is 11.8 Å². The van der Waals surface area contributed by atoms with Crippen molar-refractivity contribution in [2.75, 3.05) is 11.9 Å². The van der Waals surface area contributed by atoms with Crippen molar-refractivity contribution in [2.45, 2.75) is 51.5 Å². The van der Waals surface area contributed by atoms with Gasteiger partial charge in [-0.15, -0.1) is 0 Å². The van der Waals surface area contributed by atoms with Crippen molar-refractivity contribution < 1.29 is 19.5 Å². The highest BCUT2D eigenvalue weighted by atomic mass is 16.4. The third kappa shape index (κ3) is 4.42. The summed E-state index contributed by atoms with van der Waals surface area (Å²) in [6.07, 6.45) is 4.59. The number of amides is 2. The molecule has 2 fully saturated rings. The number of hydrogen-bond donors (Lipinski definition) is 2. The predicted molar refractivity (Wildman–Crippen MR) is 97.7 cm³/mol. The van der Waals surface area contributed by atoms with Crippen molar-refractivity contribution in [1.82, 2.24) is 4.90 Å². The lowest BCUT2D eigenvalue weighted by atomic mass is 9.87. The highest BCUT2D eigenvalue weighted by molar-refractivity contribution is 5.97. The molecule has 0 radical (unpaired) electrons. The fourth-order valence-corrected chi connectivity index (χ4v) is 3.94. The monoisotopic (exact) mass is 358 g/mol. The Morgan fingerprint density at radius 3 is 2.42 bits per heavy atom. The number of nitrogens with one attached hydrogen (secondary N) is 1. The van der Waals surface area contributed by atoms with Gasteiger partial charge in [0.15, 0.2) is 0 Å². The summed E-state index contributed by atoms with van der Waals surface area (Å²) in [5.41, 5.74) is 1.31. The average molecular weight is 358 g/mol. The third-order valence-corrected chi connectivity index (χ3v) is 5.53. The Morgan fingerprint density at radius 2 is 1.81 bits per heavy atom. The predicted octanol–water partition coefficient (Wildman–Crippen LogP) is 2.68. The van der Waals surface area contributed by atoms with Crippen LogP contribution in [0.4, 0.5) is 5.69 Å². The molecule has 0 spiro atoms. The van der Waals surface area contributed by atoms with Crippen molar-refractivity contribution in [3.05, 3.63) is 29.8 Å². The molecule has 1 saturated heterocycles. The first kappa shape index (κ1) is 18.4.